The van der Waals surface area contributed by atoms with Gasteiger partial charge in [-0.15, -0.1) is 11.3 Å². The molecule has 3 heterocycles. The highest BCUT2D eigenvalue weighted by atomic mass is 32.1. The number of thiazole rings is 1. The van der Waals surface area contributed by atoms with Gasteiger partial charge in [-0.05, 0) is 36.9 Å². The maximum absolute atomic E-state index is 13.3. The van der Waals surface area contributed by atoms with Crippen molar-refractivity contribution in [2.75, 3.05) is 6.61 Å². The molecule has 0 spiro atoms. The highest BCUT2D eigenvalue weighted by Crippen LogP contribution is 2.26. The van der Waals surface area contributed by atoms with E-state index in [0.717, 1.165) is 10.4 Å². The van der Waals surface area contributed by atoms with Crippen molar-refractivity contribution in [3.63, 3.8) is 0 Å². The van der Waals surface area contributed by atoms with Crippen LogP contribution in [0.15, 0.2) is 75.0 Å². The number of thiophene rings is 1. The number of hydrogen-bond donors (Lipinski definition) is 0. The van der Waals surface area contributed by atoms with E-state index in [1.807, 2.05) is 66.1 Å². The molecule has 3 aromatic rings. The molecule has 7 heteroatoms. The molecule has 0 radical (unpaired) electrons. The number of rotatable bonds is 5. The Hall–Kier alpha value is -3.03. The second-order valence-corrected chi connectivity index (χ2v) is 8.62. The first-order valence-electron chi connectivity index (χ1n) is 9.55. The molecule has 0 bridgehead atoms. The van der Waals surface area contributed by atoms with E-state index in [0.29, 0.717) is 20.6 Å². The molecule has 0 fully saturated rings. The molecule has 0 unspecified atom stereocenters. The van der Waals surface area contributed by atoms with Crippen LogP contribution in [-0.4, -0.2) is 17.1 Å². The largest absolute Gasteiger partial charge is 0.463 e. The van der Waals surface area contributed by atoms with Gasteiger partial charge < -0.3 is 4.74 Å². The third kappa shape index (κ3) is 3.99. The Balaban J connectivity index is 1.88. The molecule has 0 amide bonds. The molecule has 30 heavy (non-hydrogen) atoms. The van der Waals surface area contributed by atoms with Crippen LogP contribution in [0.3, 0.4) is 0 Å². The highest BCUT2D eigenvalue weighted by molar-refractivity contribution is 7.11. The van der Waals surface area contributed by atoms with Crippen molar-refractivity contribution in [1.82, 2.24) is 4.57 Å². The summed E-state index contributed by atoms with van der Waals surface area (Å²) in [5, 5.41) is 1.97. The molecule has 1 aliphatic heterocycles. The van der Waals surface area contributed by atoms with Gasteiger partial charge in [-0.2, -0.15) is 0 Å². The standard InChI is InChI=1S/C23H20N2O3S2/c1-3-28-22(27)20-15(2)24-23-25(18(20)12-11-16-8-5-4-6-9-16)21(26)19(30-23)14-17-10-7-13-29-17/h4-14,18H,3H2,1-2H3/b12-11+,19-14-/t18-/m0/s1. The van der Waals surface area contributed by atoms with Crippen LogP contribution in [0.4, 0.5) is 0 Å². The Morgan fingerprint density at radius 3 is 2.73 bits per heavy atom. The van der Waals surface area contributed by atoms with Crippen LogP contribution >= 0.6 is 22.7 Å². The van der Waals surface area contributed by atoms with Crippen molar-refractivity contribution < 1.29 is 9.53 Å². The fourth-order valence-corrected chi connectivity index (χ4v) is 5.06. The second-order valence-electron chi connectivity index (χ2n) is 6.63. The molecule has 152 valence electrons. The number of allylic oxidation sites excluding steroid dienone is 2. The number of benzene rings is 1. The van der Waals surface area contributed by atoms with Gasteiger partial charge in [0, 0.05) is 4.88 Å². The molecule has 0 saturated carbocycles. The zero-order chi connectivity index (χ0) is 21.1. The van der Waals surface area contributed by atoms with E-state index in [-0.39, 0.29) is 12.2 Å². The fraction of sp³-hybridized carbons (Fsp3) is 0.174. The smallest absolute Gasteiger partial charge is 0.338 e. The van der Waals surface area contributed by atoms with Crippen LogP contribution in [-0.2, 0) is 9.53 Å². The van der Waals surface area contributed by atoms with Gasteiger partial charge in [-0.3, -0.25) is 9.36 Å². The van der Waals surface area contributed by atoms with Gasteiger partial charge in [0.05, 0.1) is 28.5 Å². The minimum atomic E-state index is -0.578. The van der Waals surface area contributed by atoms with Gasteiger partial charge in [0.2, 0.25) is 0 Å². The zero-order valence-corrected chi connectivity index (χ0v) is 18.2. The third-order valence-electron chi connectivity index (χ3n) is 4.65. The normalized spacial score (nSPS) is 16.6. The van der Waals surface area contributed by atoms with E-state index in [9.17, 15) is 9.59 Å². The molecule has 0 saturated heterocycles. The third-order valence-corrected chi connectivity index (χ3v) is 6.45. The monoisotopic (exact) mass is 436 g/mol. The van der Waals surface area contributed by atoms with E-state index in [4.69, 9.17) is 4.74 Å². The van der Waals surface area contributed by atoms with Crippen LogP contribution in [0.25, 0.3) is 12.2 Å². The minimum absolute atomic E-state index is 0.163. The summed E-state index contributed by atoms with van der Waals surface area (Å²) in [5.41, 5.74) is 1.78. The lowest BCUT2D eigenvalue weighted by Gasteiger charge is -2.21. The summed E-state index contributed by atoms with van der Waals surface area (Å²) in [4.78, 5) is 32.1. The molecule has 2 aromatic heterocycles. The summed E-state index contributed by atoms with van der Waals surface area (Å²) >= 11 is 2.90. The molecule has 4 rings (SSSR count). The first-order chi connectivity index (χ1) is 14.6. The Labute approximate surface area is 181 Å². The maximum atomic E-state index is 13.3. The van der Waals surface area contributed by atoms with Gasteiger partial charge in [0.1, 0.15) is 0 Å². The van der Waals surface area contributed by atoms with Crippen LogP contribution < -0.4 is 14.9 Å². The number of esters is 1. The molecule has 1 aromatic carbocycles. The zero-order valence-electron chi connectivity index (χ0n) is 16.6. The molecular formula is C23H20N2O3S2. The van der Waals surface area contributed by atoms with Crippen LogP contribution in [0.1, 0.15) is 30.3 Å². The summed E-state index contributed by atoms with van der Waals surface area (Å²) in [7, 11) is 0. The number of aromatic nitrogens is 1. The molecular weight excluding hydrogens is 416 g/mol. The number of hydrogen-bond acceptors (Lipinski definition) is 6. The van der Waals surface area contributed by atoms with E-state index in [1.165, 1.54) is 11.3 Å². The van der Waals surface area contributed by atoms with Gasteiger partial charge in [-0.25, -0.2) is 9.79 Å². The van der Waals surface area contributed by atoms with Crippen molar-refractivity contribution in [2.45, 2.75) is 19.9 Å². The second kappa shape index (κ2) is 8.77. The average Bonchev–Trinajstić information content (AvgIpc) is 3.35. The minimum Gasteiger partial charge on any atom is -0.463 e. The van der Waals surface area contributed by atoms with E-state index < -0.39 is 12.0 Å². The highest BCUT2D eigenvalue weighted by Gasteiger charge is 2.30. The van der Waals surface area contributed by atoms with E-state index in [1.54, 1.807) is 29.8 Å². The lowest BCUT2D eigenvalue weighted by Crippen LogP contribution is -2.38. The predicted molar refractivity (Wildman–Crippen MR) is 121 cm³/mol. The lowest BCUT2D eigenvalue weighted by atomic mass is 10.0. The van der Waals surface area contributed by atoms with Crippen LogP contribution in [0.2, 0.25) is 0 Å². The summed E-state index contributed by atoms with van der Waals surface area (Å²) in [6.45, 7) is 3.80. The van der Waals surface area contributed by atoms with E-state index in [2.05, 4.69) is 4.99 Å². The summed E-state index contributed by atoms with van der Waals surface area (Å²) in [5.74, 6) is -0.450. The fourth-order valence-electron chi connectivity index (χ4n) is 3.29. The number of nitrogens with zero attached hydrogens (tertiary/aromatic N) is 2. The number of ether oxygens (including phenoxy) is 1. The molecule has 5 nitrogen and oxygen atoms in total. The van der Waals surface area contributed by atoms with Gasteiger partial charge in [0.15, 0.2) is 4.80 Å². The van der Waals surface area contributed by atoms with Crippen LogP contribution in [0.5, 0.6) is 0 Å². The molecule has 0 aliphatic carbocycles. The van der Waals surface area contributed by atoms with Crippen molar-refractivity contribution in [2.24, 2.45) is 4.99 Å². The lowest BCUT2D eigenvalue weighted by molar-refractivity contribution is -0.139. The number of fused-ring (bicyclic) bond motifs is 1. The topological polar surface area (TPSA) is 60.7 Å². The van der Waals surface area contributed by atoms with Crippen molar-refractivity contribution in [1.29, 1.82) is 0 Å². The summed E-state index contributed by atoms with van der Waals surface area (Å²) < 4.78 is 7.45. The Kier molecular flexibility index (Phi) is 5.92. The molecule has 1 atom stereocenters. The maximum Gasteiger partial charge on any atom is 0.338 e. The van der Waals surface area contributed by atoms with Crippen molar-refractivity contribution in [3.05, 3.63) is 95.3 Å². The SMILES string of the molecule is CCOC(=O)C1=C(C)N=c2s/c(=C\c3cccs3)c(=O)n2[C@H]1/C=C/c1ccccc1. The first-order valence-corrected chi connectivity index (χ1v) is 11.2. The predicted octanol–water partition coefficient (Wildman–Crippen LogP) is 3.52. The number of carbonyl (C=O) groups excluding carboxylic acids is 1. The van der Waals surface area contributed by atoms with E-state index >= 15 is 0 Å². The Bertz CT molecular complexity index is 1300. The van der Waals surface area contributed by atoms with Gasteiger partial charge in [0.25, 0.3) is 5.56 Å². The number of carbonyl (C=O) groups is 1. The van der Waals surface area contributed by atoms with Gasteiger partial charge >= 0.3 is 5.97 Å². The van der Waals surface area contributed by atoms with Gasteiger partial charge in [-0.1, -0.05) is 59.9 Å². The summed E-state index contributed by atoms with van der Waals surface area (Å²) in [6, 6.07) is 13.1. The average molecular weight is 437 g/mol. The molecule has 0 N–H and O–H groups in total. The summed E-state index contributed by atoms with van der Waals surface area (Å²) in [6.07, 6.45) is 5.65. The Morgan fingerprint density at radius 2 is 2.03 bits per heavy atom. The van der Waals surface area contributed by atoms with Crippen molar-refractivity contribution in [3.8, 4) is 0 Å². The van der Waals surface area contributed by atoms with Crippen LogP contribution in [0, 0.1) is 0 Å². The van der Waals surface area contributed by atoms with Crippen molar-refractivity contribution >= 4 is 40.8 Å². The molecule has 1 aliphatic rings. The first kappa shape index (κ1) is 20.3. The quantitative estimate of drug-likeness (QED) is 0.575. The Morgan fingerprint density at radius 1 is 1.23 bits per heavy atom.